The van der Waals surface area contributed by atoms with Gasteiger partial charge in [0.25, 0.3) is 0 Å². The fourth-order valence-electron chi connectivity index (χ4n) is 5.15. The van der Waals surface area contributed by atoms with Gasteiger partial charge in [0.15, 0.2) is 0 Å². The summed E-state index contributed by atoms with van der Waals surface area (Å²) in [6, 6.07) is -0.284. The van der Waals surface area contributed by atoms with Crippen molar-refractivity contribution in [2.45, 2.75) is 38.5 Å². The monoisotopic (exact) mass is 332 g/mol. The topological polar surface area (TPSA) is 108 Å². The molecule has 22 heavy (non-hydrogen) atoms. The molecule has 4 atom stereocenters. The van der Waals surface area contributed by atoms with Gasteiger partial charge in [0.2, 0.25) is 0 Å². The molecule has 0 aromatic heterocycles. The van der Waals surface area contributed by atoms with Gasteiger partial charge in [-0.3, -0.25) is 4.52 Å². The normalized spacial score (nSPS) is 36.4. The van der Waals surface area contributed by atoms with E-state index in [-0.39, 0.29) is 19.2 Å². The average molecular weight is 332 g/mol. The molecule has 3 aliphatic rings. The minimum atomic E-state index is -4.45. The molecular weight excluding hydrogens is 307 g/mol. The Morgan fingerprint density at radius 1 is 1.27 bits per heavy atom. The second kappa shape index (κ2) is 6.11. The molecule has 4 N–H and O–H groups in total. The number of hydrogen-bond donors (Lipinski definition) is 4. The molecule has 3 saturated carbocycles. The molecule has 4 unspecified atom stereocenters. The molecule has 3 fully saturated rings. The molecule has 2 amide bonds. The van der Waals surface area contributed by atoms with Crippen LogP contribution in [-0.4, -0.2) is 35.5 Å². The van der Waals surface area contributed by atoms with Crippen LogP contribution in [0, 0.1) is 23.2 Å². The van der Waals surface area contributed by atoms with E-state index in [2.05, 4.69) is 15.2 Å². The van der Waals surface area contributed by atoms with E-state index in [0.717, 1.165) is 24.3 Å². The van der Waals surface area contributed by atoms with Gasteiger partial charge in [-0.1, -0.05) is 6.42 Å². The Morgan fingerprint density at radius 2 is 2.09 bits per heavy atom. The third-order valence-corrected chi connectivity index (χ3v) is 6.41. The number of hydrogen-bond acceptors (Lipinski definition) is 3. The lowest BCUT2D eigenvalue weighted by Gasteiger charge is -2.36. The Morgan fingerprint density at radius 3 is 2.86 bits per heavy atom. The highest BCUT2D eigenvalue weighted by molar-refractivity contribution is 7.46. The van der Waals surface area contributed by atoms with Gasteiger partial charge >= 0.3 is 13.9 Å². The predicted octanol–water partition coefficient (Wildman–Crippen LogP) is 1.61. The lowest BCUT2D eigenvalue weighted by molar-refractivity contribution is 0.149. The van der Waals surface area contributed by atoms with Crippen LogP contribution in [0.15, 0.2) is 0 Å². The summed E-state index contributed by atoms with van der Waals surface area (Å²) < 4.78 is 14.8. The maximum atomic E-state index is 11.8. The number of amides is 2. The zero-order valence-electron chi connectivity index (χ0n) is 12.7. The highest BCUT2D eigenvalue weighted by Gasteiger charge is 2.58. The molecule has 0 aromatic rings. The van der Waals surface area contributed by atoms with Crippen molar-refractivity contribution in [1.29, 1.82) is 0 Å². The van der Waals surface area contributed by atoms with E-state index >= 15 is 0 Å². The van der Waals surface area contributed by atoms with Crippen LogP contribution < -0.4 is 10.6 Å². The summed E-state index contributed by atoms with van der Waals surface area (Å²) in [5, 5.41) is 5.53. The number of nitrogens with one attached hydrogen (secondary N) is 2. The first kappa shape index (κ1) is 16.2. The van der Waals surface area contributed by atoms with Gasteiger partial charge in [-0.15, -0.1) is 0 Å². The fraction of sp³-hybridized carbons (Fsp3) is 0.929. The maximum absolute atomic E-state index is 11.8. The van der Waals surface area contributed by atoms with E-state index in [0.29, 0.717) is 5.41 Å². The minimum absolute atomic E-state index is 0.0820. The van der Waals surface area contributed by atoms with Crippen LogP contribution in [-0.2, 0) is 9.09 Å². The zero-order valence-corrected chi connectivity index (χ0v) is 13.6. The standard InChI is InChI=1S/C14H25N2O5P/c17-13(15-6-7-21-22(18,19)20)16-9-14-5-4-10(8-14)11-2-1-3-12(11)14/h10-12H,1-9H2,(H2,15,16,17)(H2,18,19,20). The Hall–Kier alpha value is -0.620. The maximum Gasteiger partial charge on any atom is 0.469 e. The highest BCUT2D eigenvalue weighted by Crippen LogP contribution is 2.65. The van der Waals surface area contributed by atoms with Crippen molar-refractivity contribution in [1.82, 2.24) is 10.6 Å². The lowest BCUT2D eigenvalue weighted by Crippen LogP contribution is -2.44. The molecule has 3 aliphatic carbocycles. The number of rotatable bonds is 6. The Labute approximate surface area is 130 Å². The Kier molecular flexibility index (Phi) is 4.52. The number of urea groups is 1. The van der Waals surface area contributed by atoms with Crippen molar-refractivity contribution in [2.75, 3.05) is 19.7 Å². The second-order valence-corrected chi connectivity index (χ2v) is 8.24. The summed E-state index contributed by atoms with van der Waals surface area (Å²) >= 11 is 0. The summed E-state index contributed by atoms with van der Waals surface area (Å²) in [5.41, 5.74) is 0.297. The second-order valence-electron chi connectivity index (χ2n) is 7.00. The van der Waals surface area contributed by atoms with Gasteiger partial charge in [-0.25, -0.2) is 9.36 Å². The smallest absolute Gasteiger partial charge is 0.338 e. The highest BCUT2D eigenvalue weighted by atomic mass is 31.2. The van der Waals surface area contributed by atoms with Gasteiger partial charge in [-0.2, -0.15) is 0 Å². The summed E-state index contributed by atoms with van der Waals surface area (Å²) in [5.74, 6) is 2.54. The molecule has 3 rings (SSSR count). The van der Waals surface area contributed by atoms with Gasteiger partial charge in [0, 0.05) is 13.1 Å². The third kappa shape index (κ3) is 3.32. The quantitative estimate of drug-likeness (QED) is 0.437. The number of carbonyl (C=O) groups excluding carboxylic acids is 1. The van der Waals surface area contributed by atoms with Crippen LogP contribution in [0.4, 0.5) is 4.79 Å². The first-order valence-electron chi connectivity index (χ1n) is 8.11. The van der Waals surface area contributed by atoms with E-state index in [4.69, 9.17) is 9.79 Å². The Balaban J connectivity index is 1.41. The summed E-state index contributed by atoms with van der Waals surface area (Å²) in [4.78, 5) is 28.9. The van der Waals surface area contributed by atoms with Gasteiger partial charge in [-0.05, 0) is 55.3 Å². The van der Waals surface area contributed by atoms with E-state index in [9.17, 15) is 9.36 Å². The number of fused-ring (bicyclic) bond motifs is 5. The van der Waals surface area contributed by atoms with Gasteiger partial charge < -0.3 is 20.4 Å². The summed E-state index contributed by atoms with van der Waals surface area (Å²) in [6.07, 6.45) is 7.79. The van der Waals surface area contributed by atoms with Gasteiger partial charge in [0.05, 0.1) is 6.61 Å². The molecule has 0 radical (unpaired) electrons. The molecule has 0 aromatic carbocycles. The number of carbonyl (C=O) groups is 1. The van der Waals surface area contributed by atoms with Crippen LogP contribution in [0.25, 0.3) is 0 Å². The third-order valence-electron chi connectivity index (χ3n) is 5.89. The zero-order chi connectivity index (χ0) is 15.8. The summed E-state index contributed by atoms with van der Waals surface area (Å²) in [6.45, 7) is 0.601. The number of phosphoric acid groups is 1. The molecule has 7 nitrogen and oxygen atoms in total. The van der Waals surface area contributed by atoms with Crippen molar-refractivity contribution in [3.05, 3.63) is 0 Å². The van der Waals surface area contributed by atoms with Crippen molar-refractivity contribution >= 4 is 13.9 Å². The van der Waals surface area contributed by atoms with Crippen LogP contribution in [0.2, 0.25) is 0 Å². The van der Waals surface area contributed by atoms with Crippen LogP contribution in [0.5, 0.6) is 0 Å². The predicted molar refractivity (Wildman–Crippen MR) is 80.0 cm³/mol. The largest absolute Gasteiger partial charge is 0.469 e. The number of phosphoric ester groups is 1. The molecular formula is C14H25N2O5P. The Bertz CT molecular complexity index is 482. The average Bonchev–Trinajstić information content (AvgIpc) is 3.12. The van der Waals surface area contributed by atoms with E-state index in [1.54, 1.807) is 0 Å². The minimum Gasteiger partial charge on any atom is -0.338 e. The molecule has 126 valence electrons. The fourth-order valence-corrected chi connectivity index (χ4v) is 5.48. The summed E-state index contributed by atoms with van der Waals surface area (Å²) in [7, 11) is -4.45. The molecule has 0 spiro atoms. The first-order chi connectivity index (χ1) is 10.4. The molecule has 8 heteroatoms. The molecule has 0 heterocycles. The van der Waals surface area contributed by atoms with Gasteiger partial charge in [0.1, 0.15) is 0 Å². The van der Waals surface area contributed by atoms with E-state index < -0.39 is 7.82 Å². The van der Waals surface area contributed by atoms with Crippen molar-refractivity contribution in [3.63, 3.8) is 0 Å². The molecule has 2 bridgehead atoms. The lowest BCUT2D eigenvalue weighted by atomic mass is 9.71. The van der Waals surface area contributed by atoms with Crippen molar-refractivity contribution in [2.24, 2.45) is 23.2 Å². The van der Waals surface area contributed by atoms with Crippen molar-refractivity contribution < 1.29 is 23.7 Å². The van der Waals surface area contributed by atoms with Crippen LogP contribution >= 0.6 is 7.82 Å². The molecule has 0 aliphatic heterocycles. The SMILES string of the molecule is O=C(NCCOP(=O)(O)O)NCC12CCC(C1)C1CCCC12. The van der Waals surface area contributed by atoms with E-state index in [1.807, 2.05) is 0 Å². The van der Waals surface area contributed by atoms with Crippen molar-refractivity contribution in [3.8, 4) is 0 Å². The van der Waals surface area contributed by atoms with E-state index in [1.165, 1.54) is 38.5 Å². The molecule has 0 saturated heterocycles. The first-order valence-corrected chi connectivity index (χ1v) is 9.64. The van der Waals surface area contributed by atoms with Crippen LogP contribution in [0.1, 0.15) is 38.5 Å². The van der Waals surface area contributed by atoms with Crippen LogP contribution in [0.3, 0.4) is 0 Å².